The maximum Gasteiger partial charge on any atom is 0.241 e. The van der Waals surface area contributed by atoms with Crippen LogP contribution in [0.1, 0.15) is 24.9 Å². The number of sulfonamides is 1. The van der Waals surface area contributed by atoms with Gasteiger partial charge in [-0.1, -0.05) is 13.0 Å². The smallest absolute Gasteiger partial charge is 0.241 e. The summed E-state index contributed by atoms with van der Waals surface area (Å²) in [5.41, 5.74) is 0.591. The molecule has 0 saturated heterocycles. The van der Waals surface area contributed by atoms with Crippen molar-refractivity contribution >= 4 is 21.6 Å². The third-order valence-electron chi connectivity index (χ3n) is 4.43. The number of hydrogen-bond donors (Lipinski definition) is 1. The molecule has 1 unspecified atom stereocenters. The Hall–Kier alpha value is -2.88. The summed E-state index contributed by atoms with van der Waals surface area (Å²) in [6.45, 7) is 1.26. The predicted molar refractivity (Wildman–Crippen MR) is 109 cm³/mol. The molecule has 1 amide bonds. The van der Waals surface area contributed by atoms with Gasteiger partial charge in [-0.2, -0.15) is 0 Å². The van der Waals surface area contributed by atoms with E-state index in [1.807, 2.05) is 6.92 Å². The lowest BCUT2D eigenvalue weighted by Crippen LogP contribution is -2.41. The normalized spacial score (nSPS) is 12.2. The zero-order chi connectivity index (χ0) is 22.5. The van der Waals surface area contributed by atoms with Gasteiger partial charge in [0.2, 0.25) is 15.9 Å². The molecule has 164 valence electrons. The van der Waals surface area contributed by atoms with Crippen LogP contribution in [0.3, 0.4) is 0 Å². The Morgan fingerprint density at radius 2 is 1.73 bits per heavy atom. The molecule has 2 aromatic carbocycles. The Bertz CT molecular complexity index is 1010. The van der Waals surface area contributed by atoms with Crippen LogP contribution in [0.25, 0.3) is 0 Å². The lowest BCUT2D eigenvalue weighted by molar-refractivity contribution is -0.120. The van der Waals surface area contributed by atoms with Gasteiger partial charge < -0.3 is 14.8 Å². The number of amides is 1. The second-order valence-electron chi connectivity index (χ2n) is 6.51. The first kappa shape index (κ1) is 23.4. The molecule has 1 atom stereocenters. The van der Waals surface area contributed by atoms with E-state index >= 15 is 0 Å². The Morgan fingerprint density at radius 1 is 1.07 bits per heavy atom. The largest absolute Gasteiger partial charge is 0.493 e. The Labute approximate surface area is 174 Å². The number of methoxy groups -OCH3 is 2. The Kier molecular flexibility index (Phi) is 7.60. The van der Waals surface area contributed by atoms with E-state index in [4.69, 9.17) is 9.47 Å². The summed E-state index contributed by atoms with van der Waals surface area (Å²) in [7, 11) is -0.921. The van der Waals surface area contributed by atoms with Crippen LogP contribution < -0.4 is 19.1 Å². The fraction of sp³-hybridized carbons (Fsp3) is 0.350. The Morgan fingerprint density at radius 3 is 2.27 bits per heavy atom. The van der Waals surface area contributed by atoms with Gasteiger partial charge in [0.05, 0.1) is 32.2 Å². The van der Waals surface area contributed by atoms with Crippen molar-refractivity contribution in [2.45, 2.75) is 19.4 Å². The number of ether oxygens (including phenoxy) is 2. The van der Waals surface area contributed by atoms with Crippen LogP contribution in [0, 0.1) is 11.6 Å². The van der Waals surface area contributed by atoms with Crippen LogP contribution in [0.2, 0.25) is 0 Å². The van der Waals surface area contributed by atoms with Crippen molar-refractivity contribution in [2.75, 3.05) is 31.3 Å². The molecule has 0 aromatic heterocycles. The highest BCUT2D eigenvalue weighted by molar-refractivity contribution is 7.92. The summed E-state index contributed by atoms with van der Waals surface area (Å²) in [5, 5.41) is 2.76. The molecule has 0 aliphatic carbocycles. The fourth-order valence-corrected chi connectivity index (χ4v) is 3.75. The number of nitrogens with one attached hydrogen (secondary N) is 1. The molecular weight excluding hydrogens is 418 g/mol. The summed E-state index contributed by atoms with van der Waals surface area (Å²) in [6.07, 6.45) is 1.40. The molecule has 0 saturated carbocycles. The Balaban J connectivity index is 2.24. The van der Waals surface area contributed by atoms with Gasteiger partial charge in [-0.25, -0.2) is 17.2 Å². The predicted octanol–water partition coefficient (Wildman–Crippen LogP) is 3.02. The van der Waals surface area contributed by atoms with Gasteiger partial charge in [-0.15, -0.1) is 0 Å². The summed E-state index contributed by atoms with van der Waals surface area (Å²) in [4.78, 5) is 12.6. The van der Waals surface area contributed by atoms with Gasteiger partial charge in [0, 0.05) is 6.07 Å². The molecule has 0 bridgehead atoms. The fourth-order valence-electron chi connectivity index (χ4n) is 2.90. The molecule has 0 aliphatic heterocycles. The van der Waals surface area contributed by atoms with E-state index in [-0.39, 0.29) is 5.69 Å². The summed E-state index contributed by atoms with van der Waals surface area (Å²) in [6, 6.07) is 7.39. The number of hydrogen-bond acceptors (Lipinski definition) is 5. The quantitative estimate of drug-likeness (QED) is 0.645. The second-order valence-corrected chi connectivity index (χ2v) is 8.42. The molecular formula is C20H24F2N2O5S. The molecule has 1 N–H and O–H groups in total. The number of benzene rings is 2. The number of carbonyl (C=O) groups is 1. The van der Waals surface area contributed by atoms with Crippen LogP contribution >= 0.6 is 0 Å². The van der Waals surface area contributed by atoms with Crippen molar-refractivity contribution in [2.24, 2.45) is 0 Å². The van der Waals surface area contributed by atoms with Gasteiger partial charge in [-0.05, 0) is 36.2 Å². The van der Waals surface area contributed by atoms with Crippen molar-refractivity contribution in [1.82, 2.24) is 5.32 Å². The van der Waals surface area contributed by atoms with Crippen LogP contribution in [-0.4, -0.2) is 41.3 Å². The van der Waals surface area contributed by atoms with Crippen molar-refractivity contribution < 1.29 is 31.5 Å². The average molecular weight is 442 g/mol. The topological polar surface area (TPSA) is 84.9 Å². The van der Waals surface area contributed by atoms with Crippen LogP contribution in [0.5, 0.6) is 11.5 Å². The lowest BCUT2D eigenvalue weighted by Gasteiger charge is -2.24. The van der Waals surface area contributed by atoms with Gasteiger partial charge >= 0.3 is 0 Å². The molecule has 2 rings (SSSR count). The van der Waals surface area contributed by atoms with Gasteiger partial charge in [0.15, 0.2) is 23.1 Å². The van der Waals surface area contributed by atoms with Crippen LogP contribution in [0.4, 0.5) is 14.5 Å². The summed E-state index contributed by atoms with van der Waals surface area (Å²) in [5.74, 6) is -1.91. The molecule has 7 nitrogen and oxygen atoms in total. The van der Waals surface area contributed by atoms with Gasteiger partial charge in [-0.3, -0.25) is 9.10 Å². The number of halogens is 2. The average Bonchev–Trinajstić information content (AvgIpc) is 2.71. The monoisotopic (exact) mass is 442 g/mol. The van der Waals surface area contributed by atoms with E-state index in [1.54, 1.807) is 18.2 Å². The second kappa shape index (κ2) is 9.75. The zero-order valence-corrected chi connectivity index (χ0v) is 17.9. The van der Waals surface area contributed by atoms with Crippen molar-refractivity contribution in [3.63, 3.8) is 0 Å². The van der Waals surface area contributed by atoms with Crippen molar-refractivity contribution in [3.8, 4) is 11.5 Å². The molecule has 0 spiro atoms. The summed E-state index contributed by atoms with van der Waals surface area (Å²) < 4.78 is 62.2. The zero-order valence-electron chi connectivity index (χ0n) is 17.1. The highest BCUT2D eigenvalue weighted by atomic mass is 32.2. The van der Waals surface area contributed by atoms with Crippen molar-refractivity contribution in [1.29, 1.82) is 0 Å². The lowest BCUT2D eigenvalue weighted by atomic mass is 10.0. The third kappa shape index (κ3) is 5.59. The number of carbonyl (C=O) groups excluding carboxylic acids is 1. The van der Waals surface area contributed by atoms with E-state index in [0.717, 1.165) is 30.0 Å². The third-order valence-corrected chi connectivity index (χ3v) is 5.57. The van der Waals surface area contributed by atoms with Crippen LogP contribution in [0.15, 0.2) is 36.4 Å². The number of anilines is 1. The van der Waals surface area contributed by atoms with Crippen LogP contribution in [-0.2, 0) is 14.8 Å². The molecule has 30 heavy (non-hydrogen) atoms. The first-order valence-corrected chi connectivity index (χ1v) is 10.9. The van der Waals surface area contributed by atoms with E-state index in [9.17, 15) is 22.0 Å². The SMILES string of the molecule is CCC(NC(=O)CN(c1ccc(F)c(F)c1)S(C)(=O)=O)c1ccc(OC)c(OC)c1. The molecule has 10 heteroatoms. The number of rotatable bonds is 9. The van der Waals surface area contributed by atoms with E-state index in [1.165, 1.54) is 14.2 Å². The van der Waals surface area contributed by atoms with E-state index < -0.39 is 40.2 Å². The minimum absolute atomic E-state index is 0.147. The maximum absolute atomic E-state index is 13.6. The molecule has 0 radical (unpaired) electrons. The first-order chi connectivity index (χ1) is 14.1. The number of nitrogens with zero attached hydrogens (tertiary/aromatic N) is 1. The minimum atomic E-state index is -3.92. The highest BCUT2D eigenvalue weighted by Crippen LogP contribution is 2.31. The van der Waals surface area contributed by atoms with E-state index in [2.05, 4.69) is 5.32 Å². The first-order valence-electron chi connectivity index (χ1n) is 9.04. The summed E-state index contributed by atoms with van der Waals surface area (Å²) >= 11 is 0. The minimum Gasteiger partial charge on any atom is -0.493 e. The van der Waals surface area contributed by atoms with Crippen molar-refractivity contribution in [3.05, 3.63) is 53.6 Å². The molecule has 0 aliphatic rings. The standard InChI is InChI=1S/C20H24F2N2O5S/c1-5-17(13-6-9-18(28-2)19(10-13)29-3)23-20(25)12-24(30(4,26)27)14-7-8-15(21)16(22)11-14/h6-11,17H,5,12H2,1-4H3,(H,23,25). The van der Waals surface area contributed by atoms with E-state index in [0.29, 0.717) is 22.2 Å². The highest BCUT2D eigenvalue weighted by Gasteiger charge is 2.24. The molecule has 0 fully saturated rings. The molecule has 0 heterocycles. The maximum atomic E-state index is 13.6. The van der Waals surface area contributed by atoms with Gasteiger partial charge in [0.25, 0.3) is 0 Å². The molecule has 2 aromatic rings. The van der Waals surface area contributed by atoms with Gasteiger partial charge in [0.1, 0.15) is 6.54 Å².